The van der Waals surface area contributed by atoms with Crippen molar-refractivity contribution < 1.29 is 9.59 Å². The van der Waals surface area contributed by atoms with Crippen LogP contribution in [0.15, 0.2) is 24.3 Å². The molecule has 2 amide bonds. The van der Waals surface area contributed by atoms with Gasteiger partial charge in [0, 0.05) is 36.1 Å². The molecule has 1 aliphatic heterocycles. The molecular formula is C18H21ClN4O2S. The van der Waals surface area contributed by atoms with Gasteiger partial charge in [0.05, 0.1) is 0 Å². The highest BCUT2D eigenvalue weighted by molar-refractivity contribution is 7.13. The van der Waals surface area contributed by atoms with E-state index in [2.05, 4.69) is 15.5 Å². The Bertz CT molecular complexity index is 795. The summed E-state index contributed by atoms with van der Waals surface area (Å²) in [6.07, 6.45) is 3.34. The quantitative estimate of drug-likeness (QED) is 0.835. The molecule has 0 saturated carbocycles. The lowest BCUT2D eigenvalue weighted by Crippen LogP contribution is -2.38. The summed E-state index contributed by atoms with van der Waals surface area (Å²) in [4.78, 5) is 26.4. The Morgan fingerprint density at radius 2 is 2.23 bits per heavy atom. The highest BCUT2D eigenvalue weighted by Gasteiger charge is 2.27. The maximum atomic E-state index is 12.4. The lowest BCUT2D eigenvalue weighted by molar-refractivity contribution is -0.132. The molecule has 8 heteroatoms. The smallest absolute Gasteiger partial charge is 0.286 e. The molecule has 0 bridgehead atoms. The zero-order valence-electron chi connectivity index (χ0n) is 14.6. The molecule has 1 fully saturated rings. The Labute approximate surface area is 161 Å². The van der Waals surface area contributed by atoms with Crippen LogP contribution in [-0.2, 0) is 4.79 Å². The number of carbonyl (C=O) groups excluding carboxylic acids is 2. The third-order valence-electron chi connectivity index (χ3n) is 4.30. The Balaban J connectivity index is 1.65. The fourth-order valence-corrected chi connectivity index (χ4v) is 4.07. The lowest BCUT2D eigenvalue weighted by atomic mass is 9.98. The lowest BCUT2D eigenvalue weighted by Gasteiger charge is -2.31. The number of rotatable bonds is 5. The number of nitrogens with one attached hydrogen (secondary N) is 1. The van der Waals surface area contributed by atoms with Gasteiger partial charge < -0.3 is 10.2 Å². The molecular weight excluding hydrogens is 372 g/mol. The van der Waals surface area contributed by atoms with Gasteiger partial charge in [-0.2, -0.15) is 0 Å². The van der Waals surface area contributed by atoms with Crippen LogP contribution in [0.4, 0.5) is 5.69 Å². The van der Waals surface area contributed by atoms with Crippen molar-refractivity contribution in [1.29, 1.82) is 0 Å². The van der Waals surface area contributed by atoms with Gasteiger partial charge in [0.15, 0.2) is 0 Å². The summed E-state index contributed by atoms with van der Waals surface area (Å²) in [5.74, 6) is 0.0427. The number of carbonyl (C=O) groups is 2. The number of halogens is 1. The van der Waals surface area contributed by atoms with E-state index in [1.54, 1.807) is 24.3 Å². The number of anilines is 1. The molecule has 1 N–H and O–H groups in total. The average Bonchev–Trinajstić information content (AvgIpc) is 3.12. The highest BCUT2D eigenvalue weighted by atomic mass is 35.5. The van der Waals surface area contributed by atoms with Gasteiger partial charge in [-0.3, -0.25) is 9.59 Å². The molecule has 1 aromatic heterocycles. The van der Waals surface area contributed by atoms with Crippen LogP contribution in [0.1, 0.15) is 53.3 Å². The topological polar surface area (TPSA) is 75.2 Å². The Kier molecular flexibility index (Phi) is 6.21. The van der Waals surface area contributed by atoms with Crippen molar-refractivity contribution in [1.82, 2.24) is 15.1 Å². The van der Waals surface area contributed by atoms with Gasteiger partial charge in [0.1, 0.15) is 5.01 Å². The summed E-state index contributed by atoms with van der Waals surface area (Å²) in [6, 6.07) is 6.96. The number of hydrogen-bond acceptors (Lipinski definition) is 5. The first-order valence-corrected chi connectivity index (χ1v) is 9.94. The van der Waals surface area contributed by atoms with Gasteiger partial charge >= 0.3 is 0 Å². The SMILES string of the molecule is CCCC(=O)N1CCCC(c2nnc(C(=O)Nc3cccc(Cl)c3)s2)C1. The normalized spacial score (nSPS) is 17.2. The highest BCUT2D eigenvalue weighted by Crippen LogP contribution is 2.29. The van der Waals surface area contributed by atoms with E-state index >= 15 is 0 Å². The average molecular weight is 393 g/mol. The van der Waals surface area contributed by atoms with Gasteiger partial charge in [-0.1, -0.05) is 35.9 Å². The maximum Gasteiger partial charge on any atom is 0.286 e. The monoisotopic (exact) mass is 392 g/mol. The predicted octanol–water partition coefficient (Wildman–Crippen LogP) is 3.95. The van der Waals surface area contributed by atoms with Gasteiger partial charge in [-0.15, -0.1) is 10.2 Å². The number of hydrogen-bond donors (Lipinski definition) is 1. The van der Waals surface area contributed by atoms with Gasteiger partial charge in [-0.05, 0) is 37.5 Å². The van der Waals surface area contributed by atoms with E-state index in [-0.39, 0.29) is 17.7 Å². The van der Waals surface area contributed by atoms with Crippen molar-refractivity contribution >= 4 is 40.4 Å². The fourth-order valence-electron chi connectivity index (χ4n) is 3.02. The molecule has 6 nitrogen and oxygen atoms in total. The van der Waals surface area contributed by atoms with Crippen LogP contribution in [0.2, 0.25) is 5.02 Å². The summed E-state index contributed by atoms with van der Waals surface area (Å²) in [5, 5.41) is 12.7. The zero-order valence-corrected chi connectivity index (χ0v) is 16.1. The molecule has 2 aromatic rings. The number of piperidine rings is 1. The summed E-state index contributed by atoms with van der Waals surface area (Å²) in [5.41, 5.74) is 0.619. The molecule has 26 heavy (non-hydrogen) atoms. The second-order valence-electron chi connectivity index (χ2n) is 6.34. The van der Waals surface area contributed by atoms with Gasteiger partial charge in [0.2, 0.25) is 10.9 Å². The van der Waals surface area contributed by atoms with E-state index in [4.69, 9.17) is 11.6 Å². The minimum atomic E-state index is -0.300. The van der Waals surface area contributed by atoms with E-state index in [1.807, 2.05) is 11.8 Å². The minimum Gasteiger partial charge on any atom is -0.342 e. The van der Waals surface area contributed by atoms with Crippen LogP contribution in [0.3, 0.4) is 0 Å². The maximum absolute atomic E-state index is 12.4. The van der Waals surface area contributed by atoms with Crippen molar-refractivity contribution in [2.24, 2.45) is 0 Å². The van der Waals surface area contributed by atoms with E-state index in [9.17, 15) is 9.59 Å². The molecule has 3 rings (SSSR count). The minimum absolute atomic E-state index is 0.148. The molecule has 138 valence electrons. The number of nitrogens with zero attached hydrogens (tertiary/aromatic N) is 3. The standard InChI is InChI=1S/C18H21ClN4O2S/c1-2-5-15(24)23-9-4-6-12(11-23)17-21-22-18(26-17)16(25)20-14-8-3-7-13(19)10-14/h3,7-8,10,12H,2,4-6,9,11H2,1H3,(H,20,25). The first-order chi connectivity index (χ1) is 12.6. The second kappa shape index (κ2) is 8.60. The third kappa shape index (κ3) is 4.59. The molecule has 1 aliphatic rings. The molecule has 1 unspecified atom stereocenters. The molecule has 0 aliphatic carbocycles. The summed E-state index contributed by atoms with van der Waals surface area (Å²) in [7, 11) is 0. The molecule has 1 atom stereocenters. The van der Waals surface area contributed by atoms with E-state index in [1.165, 1.54) is 11.3 Å². The Hall–Kier alpha value is -1.99. The first kappa shape index (κ1) is 18.8. The van der Waals surface area contributed by atoms with Crippen LogP contribution < -0.4 is 5.32 Å². The summed E-state index contributed by atoms with van der Waals surface area (Å²) < 4.78 is 0. The Morgan fingerprint density at radius 3 is 3.00 bits per heavy atom. The van der Waals surface area contributed by atoms with Gasteiger partial charge in [-0.25, -0.2) is 0 Å². The van der Waals surface area contributed by atoms with Crippen LogP contribution >= 0.6 is 22.9 Å². The van der Waals surface area contributed by atoms with Crippen molar-refractivity contribution in [3.05, 3.63) is 39.3 Å². The van der Waals surface area contributed by atoms with Crippen LogP contribution in [0.5, 0.6) is 0 Å². The van der Waals surface area contributed by atoms with Crippen molar-refractivity contribution in [2.75, 3.05) is 18.4 Å². The van der Waals surface area contributed by atoms with Crippen molar-refractivity contribution in [3.63, 3.8) is 0 Å². The molecule has 1 saturated heterocycles. The molecule has 0 spiro atoms. The van der Waals surface area contributed by atoms with Crippen molar-refractivity contribution in [3.8, 4) is 0 Å². The zero-order chi connectivity index (χ0) is 18.5. The third-order valence-corrected chi connectivity index (χ3v) is 5.62. The van der Waals surface area contributed by atoms with Crippen molar-refractivity contribution in [2.45, 2.75) is 38.5 Å². The largest absolute Gasteiger partial charge is 0.342 e. The van der Waals surface area contributed by atoms with E-state index in [0.717, 1.165) is 30.8 Å². The second-order valence-corrected chi connectivity index (χ2v) is 7.78. The molecule has 0 radical (unpaired) electrons. The predicted molar refractivity (Wildman–Crippen MR) is 103 cm³/mol. The van der Waals surface area contributed by atoms with Gasteiger partial charge in [0.25, 0.3) is 5.91 Å². The first-order valence-electron chi connectivity index (χ1n) is 8.75. The number of amides is 2. The number of aromatic nitrogens is 2. The van der Waals surface area contributed by atoms with E-state index < -0.39 is 0 Å². The van der Waals surface area contributed by atoms with E-state index in [0.29, 0.717) is 28.7 Å². The molecule has 2 heterocycles. The number of likely N-dealkylation sites (tertiary alicyclic amines) is 1. The number of benzene rings is 1. The Morgan fingerprint density at radius 1 is 1.38 bits per heavy atom. The summed E-state index contributed by atoms with van der Waals surface area (Å²) >= 11 is 7.23. The summed E-state index contributed by atoms with van der Waals surface area (Å²) in [6.45, 7) is 3.47. The fraction of sp³-hybridized carbons (Fsp3) is 0.444. The van der Waals surface area contributed by atoms with Crippen LogP contribution in [0.25, 0.3) is 0 Å². The van der Waals surface area contributed by atoms with Crippen LogP contribution in [0, 0.1) is 0 Å². The molecule has 1 aromatic carbocycles. The van der Waals surface area contributed by atoms with Crippen LogP contribution in [-0.4, -0.2) is 40.0 Å².